The third-order valence-electron chi connectivity index (χ3n) is 4.93. The molecular formula is C20H20F3N7. The molecule has 3 N–H and O–H groups in total. The standard InChI is InChI=1S/C20H20F3N7/c1-12(24)2-4-16(20(21,22)23)13-3-5-17(26-8-13)30-10-14(9-29-30)15-6-7-25-19-18(15)27-11-28-19/h3,5-12,16H,2,4,24H2,1H3,(H,25,27,28). The molecular weight excluding hydrogens is 395 g/mol. The van der Waals surface area contributed by atoms with E-state index in [1.54, 1.807) is 31.8 Å². The van der Waals surface area contributed by atoms with Crippen molar-refractivity contribution in [3.05, 3.63) is 54.9 Å². The maximum absolute atomic E-state index is 13.5. The van der Waals surface area contributed by atoms with E-state index in [0.717, 1.165) is 11.1 Å². The first kappa shape index (κ1) is 20.0. The molecule has 10 heteroatoms. The summed E-state index contributed by atoms with van der Waals surface area (Å²) >= 11 is 0. The highest BCUT2D eigenvalue weighted by molar-refractivity contribution is 5.88. The van der Waals surface area contributed by atoms with Gasteiger partial charge in [0.1, 0.15) is 5.52 Å². The van der Waals surface area contributed by atoms with Crippen LogP contribution in [0.15, 0.2) is 49.3 Å². The number of aromatic nitrogens is 6. The fraction of sp³-hybridized carbons (Fsp3) is 0.300. The van der Waals surface area contributed by atoms with Crippen LogP contribution in [0.5, 0.6) is 0 Å². The van der Waals surface area contributed by atoms with Crippen molar-refractivity contribution in [3.8, 4) is 16.9 Å². The number of imidazole rings is 1. The molecule has 2 unspecified atom stereocenters. The minimum atomic E-state index is -4.35. The molecule has 0 saturated carbocycles. The van der Waals surface area contributed by atoms with Gasteiger partial charge in [0.15, 0.2) is 11.5 Å². The third-order valence-corrected chi connectivity index (χ3v) is 4.93. The van der Waals surface area contributed by atoms with Crippen LogP contribution in [0.3, 0.4) is 0 Å². The monoisotopic (exact) mass is 415 g/mol. The minimum absolute atomic E-state index is 0.0736. The molecule has 4 aromatic rings. The van der Waals surface area contributed by atoms with Crippen LogP contribution < -0.4 is 5.73 Å². The van der Waals surface area contributed by atoms with E-state index in [2.05, 4.69) is 25.0 Å². The second-order valence-electron chi connectivity index (χ2n) is 7.23. The molecule has 0 aliphatic rings. The Hall–Kier alpha value is -3.27. The van der Waals surface area contributed by atoms with Crippen molar-refractivity contribution in [1.82, 2.24) is 29.7 Å². The number of alkyl halides is 3. The predicted octanol–water partition coefficient (Wildman–Crippen LogP) is 3.98. The second kappa shape index (κ2) is 7.86. The summed E-state index contributed by atoms with van der Waals surface area (Å²) in [5.41, 5.74) is 8.76. The fourth-order valence-electron chi connectivity index (χ4n) is 3.36. The van der Waals surface area contributed by atoms with E-state index in [1.807, 2.05) is 6.07 Å². The summed E-state index contributed by atoms with van der Waals surface area (Å²) in [5.74, 6) is -1.17. The molecule has 4 aromatic heterocycles. The molecule has 7 nitrogen and oxygen atoms in total. The van der Waals surface area contributed by atoms with Gasteiger partial charge in [0.05, 0.1) is 18.4 Å². The van der Waals surface area contributed by atoms with E-state index < -0.39 is 12.1 Å². The molecule has 0 saturated heterocycles. The van der Waals surface area contributed by atoms with E-state index in [0.29, 0.717) is 17.0 Å². The van der Waals surface area contributed by atoms with Crippen molar-refractivity contribution in [1.29, 1.82) is 0 Å². The molecule has 2 atom stereocenters. The Morgan fingerprint density at radius 3 is 2.63 bits per heavy atom. The molecule has 0 bridgehead atoms. The largest absolute Gasteiger partial charge is 0.395 e. The lowest BCUT2D eigenvalue weighted by molar-refractivity contribution is -0.152. The van der Waals surface area contributed by atoms with Gasteiger partial charge in [-0.3, -0.25) is 0 Å². The van der Waals surface area contributed by atoms with E-state index in [1.165, 1.54) is 23.0 Å². The average molecular weight is 415 g/mol. The van der Waals surface area contributed by atoms with Gasteiger partial charge in [0.2, 0.25) is 0 Å². The minimum Gasteiger partial charge on any atom is -0.329 e. The second-order valence-corrected chi connectivity index (χ2v) is 7.23. The molecule has 156 valence electrons. The summed E-state index contributed by atoms with van der Waals surface area (Å²) in [4.78, 5) is 15.6. The normalized spacial score (nSPS) is 14.2. The summed E-state index contributed by atoms with van der Waals surface area (Å²) in [6.07, 6.45) is 3.75. The molecule has 4 rings (SSSR count). The van der Waals surface area contributed by atoms with Gasteiger partial charge in [-0.05, 0) is 37.5 Å². The molecule has 0 fully saturated rings. The highest BCUT2D eigenvalue weighted by Gasteiger charge is 2.40. The van der Waals surface area contributed by atoms with Gasteiger partial charge >= 0.3 is 6.18 Å². The van der Waals surface area contributed by atoms with Gasteiger partial charge in [-0.1, -0.05) is 6.07 Å². The summed E-state index contributed by atoms with van der Waals surface area (Å²) < 4.78 is 41.9. The first-order chi connectivity index (χ1) is 14.3. The first-order valence-electron chi connectivity index (χ1n) is 9.44. The summed E-state index contributed by atoms with van der Waals surface area (Å²) in [5, 5.41) is 4.29. The molecule has 0 aliphatic carbocycles. The molecule has 0 aliphatic heterocycles. The predicted molar refractivity (Wildman–Crippen MR) is 106 cm³/mol. The zero-order valence-electron chi connectivity index (χ0n) is 16.1. The Bertz CT molecular complexity index is 1130. The van der Waals surface area contributed by atoms with Gasteiger partial charge in [0.25, 0.3) is 0 Å². The van der Waals surface area contributed by atoms with E-state index in [9.17, 15) is 13.2 Å². The Kier molecular flexibility index (Phi) is 5.25. The molecule has 30 heavy (non-hydrogen) atoms. The number of nitrogens with two attached hydrogens (primary N) is 1. The zero-order chi connectivity index (χ0) is 21.3. The average Bonchev–Trinajstić information content (AvgIpc) is 3.37. The number of fused-ring (bicyclic) bond motifs is 1. The number of hydrogen-bond acceptors (Lipinski definition) is 5. The van der Waals surface area contributed by atoms with Gasteiger partial charge in [0, 0.05) is 35.8 Å². The first-order valence-corrected chi connectivity index (χ1v) is 9.44. The summed E-state index contributed by atoms with van der Waals surface area (Å²) in [6.45, 7) is 1.70. The molecule has 0 amide bonds. The number of pyridine rings is 2. The molecule has 0 spiro atoms. The lowest BCUT2D eigenvalue weighted by Crippen LogP contribution is -2.24. The fourth-order valence-corrected chi connectivity index (χ4v) is 3.36. The number of aromatic amines is 1. The number of nitrogens with one attached hydrogen (secondary N) is 1. The van der Waals surface area contributed by atoms with E-state index in [4.69, 9.17) is 5.73 Å². The van der Waals surface area contributed by atoms with Crippen LogP contribution in [0.25, 0.3) is 28.1 Å². The van der Waals surface area contributed by atoms with E-state index >= 15 is 0 Å². The number of rotatable bonds is 6. The Balaban J connectivity index is 1.59. The SMILES string of the molecule is CC(N)CCC(c1ccc(-n2cc(-c3ccnc4[nH]cnc34)cn2)nc1)C(F)(F)F. The quantitative estimate of drug-likeness (QED) is 0.496. The van der Waals surface area contributed by atoms with Crippen LogP contribution in [0.2, 0.25) is 0 Å². The van der Waals surface area contributed by atoms with Crippen molar-refractivity contribution in [2.45, 2.75) is 37.9 Å². The zero-order valence-corrected chi connectivity index (χ0v) is 16.1. The Labute approximate surface area is 170 Å². The Morgan fingerprint density at radius 1 is 1.10 bits per heavy atom. The highest BCUT2D eigenvalue weighted by Crippen LogP contribution is 2.38. The molecule has 0 aromatic carbocycles. The summed E-state index contributed by atoms with van der Waals surface area (Å²) in [6, 6.07) is 4.51. The van der Waals surface area contributed by atoms with E-state index in [-0.39, 0.29) is 24.4 Å². The van der Waals surface area contributed by atoms with Crippen LogP contribution in [0, 0.1) is 0 Å². The number of nitrogens with zero attached hydrogens (tertiary/aromatic N) is 5. The number of hydrogen-bond donors (Lipinski definition) is 2. The maximum atomic E-state index is 13.5. The molecule has 0 radical (unpaired) electrons. The van der Waals surface area contributed by atoms with Crippen molar-refractivity contribution in [3.63, 3.8) is 0 Å². The van der Waals surface area contributed by atoms with Gasteiger partial charge in [-0.15, -0.1) is 0 Å². The van der Waals surface area contributed by atoms with Crippen molar-refractivity contribution >= 4 is 11.2 Å². The Morgan fingerprint density at radius 2 is 1.93 bits per heavy atom. The van der Waals surface area contributed by atoms with Crippen LogP contribution >= 0.6 is 0 Å². The van der Waals surface area contributed by atoms with Crippen LogP contribution in [0.4, 0.5) is 13.2 Å². The topological polar surface area (TPSA) is 98.3 Å². The van der Waals surface area contributed by atoms with Gasteiger partial charge in [-0.25, -0.2) is 19.6 Å². The van der Waals surface area contributed by atoms with Gasteiger partial charge in [-0.2, -0.15) is 18.3 Å². The molecule has 4 heterocycles. The lowest BCUT2D eigenvalue weighted by Gasteiger charge is -2.21. The summed E-state index contributed by atoms with van der Waals surface area (Å²) in [7, 11) is 0. The third kappa shape index (κ3) is 4.04. The van der Waals surface area contributed by atoms with Crippen molar-refractivity contribution < 1.29 is 13.2 Å². The van der Waals surface area contributed by atoms with Crippen molar-refractivity contribution in [2.75, 3.05) is 0 Å². The number of halogens is 3. The van der Waals surface area contributed by atoms with Crippen LogP contribution in [-0.2, 0) is 0 Å². The number of H-pyrrole nitrogens is 1. The van der Waals surface area contributed by atoms with Crippen LogP contribution in [-0.4, -0.2) is 41.9 Å². The smallest absolute Gasteiger partial charge is 0.329 e. The van der Waals surface area contributed by atoms with Gasteiger partial charge < -0.3 is 10.7 Å². The van der Waals surface area contributed by atoms with Crippen LogP contribution in [0.1, 0.15) is 31.2 Å². The van der Waals surface area contributed by atoms with Crippen molar-refractivity contribution in [2.24, 2.45) is 5.73 Å². The highest BCUT2D eigenvalue weighted by atomic mass is 19.4. The maximum Gasteiger partial charge on any atom is 0.395 e. The lowest BCUT2D eigenvalue weighted by atomic mass is 9.93.